The molecule has 190 valence electrons. The van der Waals surface area contributed by atoms with Gasteiger partial charge in [0.05, 0.1) is 5.56 Å². The van der Waals surface area contributed by atoms with Gasteiger partial charge in [-0.1, -0.05) is 38.5 Å². The van der Waals surface area contributed by atoms with E-state index < -0.39 is 17.7 Å². The Bertz CT molecular complexity index is 1070. The number of carbonyl (C=O) groups excluding carboxylic acids is 2. The van der Waals surface area contributed by atoms with Crippen molar-refractivity contribution < 1.29 is 27.9 Å². The summed E-state index contributed by atoms with van der Waals surface area (Å²) in [6.45, 7) is 5.41. The number of hydrogen-bond acceptors (Lipinski definition) is 3. The molecule has 2 aromatic rings. The van der Waals surface area contributed by atoms with Crippen molar-refractivity contribution in [1.29, 1.82) is 0 Å². The van der Waals surface area contributed by atoms with E-state index in [9.17, 15) is 27.9 Å². The predicted octanol–water partition coefficient (Wildman–Crippen LogP) is 7.28. The molecule has 3 rings (SSSR count). The van der Waals surface area contributed by atoms with Crippen LogP contribution in [0.5, 0.6) is 5.75 Å². The average Bonchev–Trinajstić information content (AvgIpc) is 3.61. The number of ketones is 2. The number of benzene rings is 2. The van der Waals surface area contributed by atoms with Crippen molar-refractivity contribution in [2.45, 2.75) is 90.7 Å². The fourth-order valence-electron chi connectivity index (χ4n) is 5.07. The number of rotatable bonds is 12. The zero-order valence-electron chi connectivity index (χ0n) is 20.8. The van der Waals surface area contributed by atoms with Crippen LogP contribution in [-0.2, 0) is 35.0 Å². The van der Waals surface area contributed by atoms with Crippen molar-refractivity contribution >= 4 is 11.6 Å². The molecule has 0 radical (unpaired) electrons. The van der Waals surface area contributed by atoms with Crippen LogP contribution < -0.4 is 0 Å². The zero-order chi connectivity index (χ0) is 25.8. The summed E-state index contributed by atoms with van der Waals surface area (Å²) < 4.78 is 40.2. The van der Waals surface area contributed by atoms with Crippen LogP contribution in [0, 0.1) is 12.8 Å². The number of halogens is 3. The first-order chi connectivity index (χ1) is 16.6. The minimum Gasteiger partial charge on any atom is -0.508 e. The van der Waals surface area contributed by atoms with Crippen LogP contribution in [0.1, 0.15) is 91.7 Å². The van der Waals surface area contributed by atoms with E-state index in [0.29, 0.717) is 36.8 Å². The fraction of sp³-hybridized carbons (Fsp3) is 0.517. The summed E-state index contributed by atoms with van der Waals surface area (Å²) >= 11 is 0. The lowest BCUT2D eigenvalue weighted by atomic mass is 9.80. The Labute approximate surface area is 205 Å². The molecule has 6 heteroatoms. The summed E-state index contributed by atoms with van der Waals surface area (Å²) in [5.41, 5.74) is 2.22. The van der Waals surface area contributed by atoms with Crippen molar-refractivity contribution in [3.8, 4) is 5.75 Å². The molecule has 1 fully saturated rings. The number of hydrogen-bond donors (Lipinski definition) is 1. The highest BCUT2D eigenvalue weighted by Crippen LogP contribution is 2.48. The molecule has 0 bridgehead atoms. The molecule has 3 nitrogen and oxygen atoms in total. The second kappa shape index (κ2) is 11.4. The Morgan fingerprint density at radius 3 is 2.31 bits per heavy atom. The molecule has 0 aliphatic heterocycles. The Balaban J connectivity index is 1.97. The van der Waals surface area contributed by atoms with Crippen LogP contribution in [0.15, 0.2) is 30.3 Å². The number of phenolic OH excluding ortho intramolecular Hbond substituents is 1. The summed E-state index contributed by atoms with van der Waals surface area (Å²) in [6, 6.07) is 7.41. The van der Waals surface area contributed by atoms with Crippen molar-refractivity contribution in [1.82, 2.24) is 0 Å². The van der Waals surface area contributed by atoms with E-state index in [2.05, 4.69) is 0 Å². The van der Waals surface area contributed by atoms with Gasteiger partial charge >= 0.3 is 6.18 Å². The maximum Gasteiger partial charge on any atom is 0.416 e. The first-order valence-electron chi connectivity index (χ1n) is 12.6. The number of aryl methyl sites for hydroxylation is 1. The van der Waals surface area contributed by atoms with Crippen LogP contribution in [-0.4, -0.2) is 16.7 Å². The third-order valence-electron chi connectivity index (χ3n) is 7.00. The van der Waals surface area contributed by atoms with Crippen molar-refractivity contribution in [2.75, 3.05) is 0 Å². The van der Waals surface area contributed by atoms with Gasteiger partial charge in [-0.15, -0.1) is 0 Å². The Hall–Kier alpha value is -2.63. The predicted molar refractivity (Wildman–Crippen MR) is 131 cm³/mol. The SMILES string of the molecule is CCCC(=O)CCc1ccc(O)c(C(C(=O)Cc2cccc(C(F)(F)F)c2C)C2CC2)c1CCC. The molecule has 0 aromatic heterocycles. The highest BCUT2D eigenvalue weighted by molar-refractivity contribution is 5.90. The first kappa shape index (κ1) is 27.0. The minimum atomic E-state index is -4.48. The monoisotopic (exact) mass is 488 g/mol. The second-order valence-corrected chi connectivity index (χ2v) is 9.72. The van der Waals surface area contributed by atoms with Crippen molar-refractivity contribution in [3.63, 3.8) is 0 Å². The van der Waals surface area contributed by atoms with Gasteiger partial charge in [0.15, 0.2) is 0 Å². The van der Waals surface area contributed by atoms with Gasteiger partial charge < -0.3 is 5.11 Å². The lowest BCUT2D eigenvalue weighted by Gasteiger charge is -2.24. The fourth-order valence-corrected chi connectivity index (χ4v) is 5.07. The summed E-state index contributed by atoms with van der Waals surface area (Å²) in [4.78, 5) is 25.8. The van der Waals surface area contributed by atoms with Gasteiger partial charge in [-0.2, -0.15) is 13.2 Å². The summed E-state index contributed by atoms with van der Waals surface area (Å²) in [5.74, 6) is -0.395. The third-order valence-corrected chi connectivity index (χ3v) is 7.00. The van der Waals surface area contributed by atoms with E-state index in [1.165, 1.54) is 13.0 Å². The topological polar surface area (TPSA) is 54.4 Å². The van der Waals surface area contributed by atoms with E-state index >= 15 is 0 Å². The van der Waals surface area contributed by atoms with Crippen molar-refractivity contribution in [2.24, 2.45) is 5.92 Å². The van der Waals surface area contributed by atoms with Gasteiger partial charge in [-0.25, -0.2) is 0 Å². The number of alkyl halides is 3. The lowest BCUT2D eigenvalue weighted by molar-refractivity contribution is -0.138. The molecule has 2 aromatic carbocycles. The number of phenols is 1. The van der Waals surface area contributed by atoms with Crippen LogP contribution in [0.2, 0.25) is 0 Å². The Morgan fingerprint density at radius 2 is 1.71 bits per heavy atom. The molecule has 1 aliphatic rings. The average molecular weight is 489 g/mol. The second-order valence-electron chi connectivity index (χ2n) is 9.72. The molecule has 1 atom stereocenters. The molecular weight excluding hydrogens is 453 g/mol. The summed E-state index contributed by atoms with van der Waals surface area (Å²) in [7, 11) is 0. The van der Waals surface area contributed by atoms with Gasteiger partial charge in [-0.05, 0) is 79.3 Å². The smallest absolute Gasteiger partial charge is 0.416 e. The standard InChI is InChI=1S/C29H35F3O3/c1-4-7-22(33)15-13-19-14-16-25(34)28(23(19)8-5-2)27(20-11-12-20)26(35)17-21-9-6-10-24(18(21)3)29(30,31)32/h6,9-10,14,16,20,27,34H,4-5,7-8,11-13,15,17H2,1-3H3. The highest BCUT2D eigenvalue weighted by Gasteiger charge is 2.40. The van der Waals surface area contributed by atoms with Crippen LogP contribution in [0.3, 0.4) is 0 Å². The van der Waals surface area contributed by atoms with Crippen molar-refractivity contribution in [3.05, 3.63) is 63.7 Å². The normalized spacial score (nSPS) is 14.7. The highest BCUT2D eigenvalue weighted by atomic mass is 19.4. The van der Waals surface area contributed by atoms with Crippen LogP contribution in [0.4, 0.5) is 13.2 Å². The molecule has 0 saturated heterocycles. The zero-order valence-corrected chi connectivity index (χ0v) is 20.8. The quantitative estimate of drug-likeness (QED) is 0.342. The summed E-state index contributed by atoms with van der Waals surface area (Å²) in [6.07, 6.45) is 0.897. The Morgan fingerprint density at radius 1 is 1.00 bits per heavy atom. The number of aromatic hydroxyl groups is 1. The number of carbonyl (C=O) groups is 2. The number of Topliss-reactive ketones (excluding diaryl/α,β-unsaturated/α-hetero) is 2. The van der Waals surface area contributed by atoms with Gasteiger partial charge in [0.2, 0.25) is 0 Å². The molecular formula is C29H35F3O3. The molecule has 1 N–H and O–H groups in total. The van der Waals surface area contributed by atoms with E-state index in [4.69, 9.17) is 0 Å². The van der Waals surface area contributed by atoms with Gasteiger partial charge in [-0.3, -0.25) is 9.59 Å². The van der Waals surface area contributed by atoms with E-state index in [1.807, 2.05) is 19.9 Å². The molecule has 1 unspecified atom stereocenters. The van der Waals surface area contributed by atoms with E-state index in [-0.39, 0.29) is 35.2 Å². The first-order valence-corrected chi connectivity index (χ1v) is 12.6. The molecule has 0 amide bonds. The van der Waals surface area contributed by atoms with Gasteiger partial charge in [0.1, 0.15) is 17.3 Å². The van der Waals surface area contributed by atoms with Gasteiger partial charge in [0, 0.05) is 30.7 Å². The maximum atomic E-state index is 13.6. The molecule has 0 spiro atoms. The molecule has 35 heavy (non-hydrogen) atoms. The minimum absolute atomic E-state index is 0.0584. The Kier molecular flexibility index (Phi) is 8.79. The summed E-state index contributed by atoms with van der Waals surface area (Å²) in [5, 5.41) is 10.9. The molecule has 1 aliphatic carbocycles. The maximum absolute atomic E-state index is 13.6. The molecule has 1 saturated carbocycles. The van der Waals surface area contributed by atoms with Gasteiger partial charge in [0.25, 0.3) is 0 Å². The van der Waals surface area contributed by atoms with E-state index in [0.717, 1.165) is 42.9 Å². The lowest BCUT2D eigenvalue weighted by Crippen LogP contribution is -2.21. The largest absolute Gasteiger partial charge is 0.508 e. The van der Waals surface area contributed by atoms with E-state index in [1.54, 1.807) is 12.1 Å². The van der Waals surface area contributed by atoms with Crippen LogP contribution in [0.25, 0.3) is 0 Å². The third kappa shape index (κ3) is 6.53. The van der Waals surface area contributed by atoms with Crippen LogP contribution >= 0.6 is 0 Å². The molecule has 0 heterocycles.